The van der Waals surface area contributed by atoms with Crippen LogP contribution in [0.3, 0.4) is 0 Å². The number of benzene rings is 1. The van der Waals surface area contributed by atoms with E-state index in [9.17, 15) is 4.79 Å². The Labute approximate surface area is 131 Å². The molecule has 0 saturated carbocycles. The summed E-state index contributed by atoms with van der Waals surface area (Å²) in [5, 5.41) is 13.9. The molecule has 2 heterocycles. The number of rotatable bonds is 5. The van der Waals surface area contributed by atoms with E-state index in [0.717, 1.165) is 16.6 Å². The molecule has 1 aromatic carbocycles. The van der Waals surface area contributed by atoms with Gasteiger partial charge in [-0.2, -0.15) is 0 Å². The summed E-state index contributed by atoms with van der Waals surface area (Å²) in [6.45, 7) is 1.12. The number of amides is 1. The van der Waals surface area contributed by atoms with Crippen LogP contribution in [0.5, 0.6) is 0 Å². The maximum Gasteiger partial charge on any atom is 0.411 e. The Morgan fingerprint density at radius 2 is 2.04 bits per heavy atom. The van der Waals surface area contributed by atoms with Gasteiger partial charge in [0, 0.05) is 31.0 Å². The SMILES string of the molecule is NCCNc1ncc(-c2ccc3nc(NC(=O)O)[nH]c3c2)cn1. The third-order valence-electron chi connectivity index (χ3n) is 3.12. The van der Waals surface area contributed by atoms with E-state index in [1.54, 1.807) is 18.5 Å². The average Bonchev–Trinajstić information content (AvgIpc) is 2.93. The van der Waals surface area contributed by atoms with Crippen LogP contribution in [0.1, 0.15) is 0 Å². The molecule has 0 radical (unpaired) electrons. The smallest absolute Gasteiger partial charge is 0.411 e. The number of carboxylic acid groups (broad SMARTS) is 1. The lowest BCUT2D eigenvalue weighted by Crippen LogP contribution is -2.14. The van der Waals surface area contributed by atoms with E-state index in [1.165, 1.54) is 0 Å². The molecule has 9 heteroatoms. The summed E-state index contributed by atoms with van der Waals surface area (Å²) >= 11 is 0. The van der Waals surface area contributed by atoms with Gasteiger partial charge >= 0.3 is 6.09 Å². The first kappa shape index (κ1) is 14.7. The minimum atomic E-state index is -1.17. The molecule has 1 amide bonds. The van der Waals surface area contributed by atoms with Gasteiger partial charge in [0.2, 0.25) is 11.9 Å². The maximum atomic E-state index is 10.6. The van der Waals surface area contributed by atoms with Gasteiger partial charge in [-0.15, -0.1) is 0 Å². The second-order valence-electron chi connectivity index (χ2n) is 4.76. The molecule has 0 atom stereocenters. The number of nitrogens with zero attached hydrogens (tertiary/aromatic N) is 3. The molecule has 3 aromatic rings. The fourth-order valence-electron chi connectivity index (χ4n) is 2.10. The van der Waals surface area contributed by atoms with E-state index < -0.39 is 6.09 Å². The Balaban J connectivity index is 1.86. The standard InChI is InChI=1S/C14H15N7O2/c15-3-4-16-12-17-6-9(7-18-12)8-1-2-10-11(5-8)20-13(19-10)21-14(22)23/h1-2,5-7H,3-4,15H2,(H,22,23)(H,16,17,18)(H2,19,20,21). The molecule has 0 aliphatic rings. The molecule has 9 nitrogen and oxygen atoms in total. The van der Waals surface area contributed by atoms with Gasteiger partial charge in [0.05, 0.1) is 11.0 Å². The number of fused-ring (bicyclic) bond motifs is 1. The molecule has 23 heavy (non-hydrogen) atoms. The van der Waals surface area contributed by atoms with E-state index in [0.29, 0.717) is 24.6 Å². The van der Waals surface area contributed by atoms with Crippen LogP contribution >= 0.6 is 0 Å². The Morgan fingerprint density at radius 3 is 2.74 bits per heavy atom. The van der Waals surface area contributed by atoms with Gasteiger partial charge in [0.1, 0.15) is 0 Å². The number of aromatic amines is 1. The maximum absolute atomic E-state index is 10.6. The molecule has 0 bridgehead atoms. The van der Waals surface area contributed by atoms with Crippen molar-refractivity contribution in [2.75, 3.05) is 23.7 Å². The Morgan fingerprint density at radius 1 is 1.26 bits per heavy atom. The molecule has 118 valence electrons. The summed E-state index contributed by atoms with van der Waals surface area (Å²) in [5.41, 5.74) is 8.54. The predicted octanol–water partition coefficient (Wildman–Crippen LogP) is 1.48. The second kappa shape index (κ2) is 6.28. The Hall–Kier alpha value is -3.20. The lowest BCUT2D eigenvalue weighted by atomic mass is 10.1. The molecule has 0 aliphatic carbocycles. The molecule has 0 spiro atoms. The van der Waals surface area contributed by atoms with Crippen molar-refractivity contribution < 1.29 is 9.90 Å². The fraction of sp³-hybridized carbons (Fsp3) is 0.143. The third-order valence-corrected chi connectivity index (χ3v) is 3.12. The van der Waals surface area contributed by atoms with Gasteiger partial charge < -0.3 is 21.1 Å². The normalized spacial score (nSPS) is 10.7. The lowest BCUT2D eigenvalue weighted by Gasteiger charge is -2.04. The molecule has 6 N–H and O–H groups in total. The molecule has 0 fully saturated rings. The number of nitrogens with one attached hydrogen (secondary N) is 3. The number of nitrogens with two attached hydrogens (primary N) is 1. The molecule has 0 unspecified atom stereocenters. The van der Waals surface area contributed by atoms with Crippen molar-refractivity contribution in [1.29, 1.82) is 0 Å². The summed E-state index contributed by atoms with van der Waals surface area (Å²) in [4.78, 5) is 26.1. The number of H-pyrrole nitrogens is 1. The minimum Gasteiger partial charge on any atom is -0.465 e. The quantitative estimate of drug-likeness (QED) is 0.480. The van der Waals surface area contributed by atoms with E-state index in [2.05, 4.69) is 30.6 Å². The summed E-state index contributed by atoms with van der Waals surface area (Å²) in [7, 11) is 0. The molecular weight excluding hydrogens is 298 g/mol. The first-order chi connectivity index (χ1) is 11.2. The van der Waals surface area contributed by atoms with Gasteiger partial charge in [0.25, 0.3) is 0 Å². The van der Waals surface area contributed by atoms with E-state index in [4.69, 9.17) is 10.8 Å². The van der Waals surface area contributed by atoms with E-state index in [-0.39, 0.29) is 5.95 Å². The highest BCUT2D eigenvalue weighted by Gasteiger charge is 2.07. The summed E-state index contributed by atoms with van der Waals surface area (Å²) in [5.74, 6) is 0.706. The van der Waals surface area contributed by atoms with Crippen molar-refractivity contribution in [2.45, 2.75) is 0 Å². The summed E-state index contributed by atoms with van der Waals surface area (Å²) in [6, 6.07) is 5.54. The summed E-state index contributed by atoms with van der Waals surface area (Å²) in [6.07, 6.45) is 2.25. The topological polar surface area (TPSA) is 142 Å². The number of anilines is 2. The fourth-order valence-corrected chi connectivity index (χ4v) is 2.10. The largest absolute Gasteiger partial charge is 0.465 e. The monoisotopic (exact) mass is 313 g/mol. The van der Waals surface area contributed by atoms with Gasteiger partial charge in [-0.3, -0.25) is 5.32 Å². The van der Waals surface area contributed by atoms with Crippen molar-refractivity contribution in [2.24, 2.45) is 5.73 Å². The van der Waals surface area contributed by atoms with Gasteiger partial charge in [-0.1, -0.05) is 6.07 Å². The van der Waals surface area contributed by atoms with Crippen LogP contribution in [0.15, 0.2) is 30.6 Å². The average molecular weight is 313 g/mol. The van der Waals surface area contributed by atoms with Crippen LogP contribution in [-0.4, -0.2) is 44.2 Å². The molecule has 2 aromatic heterocycles. The van der Waals surface area contributed by atoms with Crippen molar-refractivity contribution in [3.8, 4) is 11.1 Å². The molecular formula is C14H15N7O2. The Kier molecular flexibility index (Phi) is 4.02. The Bertz CT molecular complexity index is 829. The number of aromatic nitrogens is 4. The van der Waals surface area contributed by atoms with Crippen LogP contribution in [0.4, 0.5) is 16.7 Å². The minimum absolute atomic E-state index is 0.183. The second-order valence-corrected chi connectivity index (χ2v) is 4.76. The van der Waals surface area contributed by atoms with Gasteiger partial charge in [-0.05, 0) is 17.7 Å². The zero-order chi connectivity index (χ0) is 16.2. The van der Waals surface area contributed by atoms with Crippen LogP contribution in [-0.2, 0) is 0 Å². The summed E-state index contributed by atoms with van der Waals surface area (Å²) < 4.78 is 0. The van der Waals surface area contributed by atoms with Gasteiger partial charge in [0.15, 0.2) is 0 Å². The van der Waals surface area contributed by atoms with Crippen LogP contribution in [0.2, 0.25) is 0 Å². The van der Waals surface area contributed by atoms with Gasteiger partial charge in [-0.25, -0.2) is 19.7 Å². The highest BCUT2D eigenvalue weighted by atomic mass is 16.4. The number of hydrogen-bond acceptors (Lipinski definition) is 6. The molecule has 0 aliphatic heterocycles. The van der Waals surface area contributed by atoms with Crippen molar-refractivity contribution in [3.05, 3.63) is 30.6 Å². The van der Waals surface area contributed by atoms with Crippen LogP contribution < -0.4 is 16.4 Å². The zero-order valence-corrected chi connectivity index (χ0v) is 12.1. The molecule has 0 saturated heterocycles. The van der Waals surface area contributed by atoms with Crippen LogP contribution in [0.25, 0.3) is 22.2 Å². The number of imidazole rings is 1. The molecule has 3 rings (SSSR count). The van der Waals surface area contributed by atoms with Crippen LogP contribution in [0, 0.1) is 0 Å². The lowest BCUT2D eigenvalue weighted by molar-refractivity contribution is 0.209. The van der Waals surface area contributed by atoms with E-state index >= 15 is 0 Å². The predicted molar refractivity (Wildman–Crippen MR) is 86.3 cm³/mol. The number of hydrogen-bond donors (Lipinski definition) is 5. The highest BCUT2D eigenvalue weighted by molar-refractivity contribution is 5.87. The third kappa shape index (κ3) is 3.35. The van der Waals surface area contributed by atoms with Crippen molar-refractivity contribution >= 4 is 29.0 Å². The first-order valence-corrected chi connectivity index (χ1v) is 6.92. The van der Waals surface area contributed by atoms with E-state index in [1.807, 2.05) is 12.1 Å². The zero-order valence-electron chi connectivity index (χ0n) is 12.1. The van der Waals surface area contributed by atoms with Crippen molar-refractivity contribution in [1.82, 2.24) is 19.9 Å². The first-order valence-electron chi connectivity index (χ1n) is 6.92. The highest BCUT2D eigenvalue weighted by Crippen LogP contribution is 2.23. The number of carbonyl (C=O) groups is 1. The van der Waals surface area contributed by atoms with Crippen molar-refractivity contribution in [3.63, 3.8) is 0 Å².